The third-order valence-corrected chi connectivity index (χ3v) is 10.6. The van der Waals surface area contributed by atoms with E-state index in [1.165, 1.54) is 17.0 Å². The second-order valence-corrected chi connectivity index (χ2v) is 13.8. The number of carbonyl (C=O) groups excluding carboxylic acids is 4. The molecule has 2 heterocycles. The largest absolute Gasteiger partial charge is 0.491 e. The van der Waals surface area contributed by atoms with Crippen molar-refractivity contribution in [3.05, 3.63) is 71.6 Å². The van der Waals surface area contributed by atoms with Crippen molar-refractivity contribution < 1.29 is 33.4 Å². The smallest absolute Gasteiger partial charge is 0.258 e. The SMILES string of the molecule is CC(C)(C)N1C(=O)[C@H]2[C@H](CC=C3[C@H]2C[C@@]2(Cl)C(=O)N(c4ccc(F)cc4)C(=O)[C@@]2(Cl)[C@H]3c2ccccc2OCCO)C1=O. The van der Waals surface area contributed by atoms with Crippen molar-refractivity contribution in [3.63, 3.8) is 0 Å². The Morgan fingerprint density at radius 2 is 1.65 bits per heavy atom. The lowest BCUT2D eigenvalue weighted by molar-refractivity contribution is -0.145. The van der Waals surface area contributed by atoms with Crippen LogP contribution in [-0.2, 0) is 19.2 Å². The van der Waals surface area contributed by atoms with E-state index in [9.17, 15) is 28.7 Å². The molecular formula is C32H31Cl2FN2O6. The molecule has 0 aromatic heterocycles. The molecule has 6 rings (SSSR count). The van der Waals surface area contributed by atoms with E-state index in [1.807, 2.05) is 6.08 Å². The van der Waals surface area contributed by atoms with Crippen LogP contribution in [0.4, 0.5) is 10.1 Å². The van der Waals surface area contributed by atoms with E-state index < -0.39 is 56.6 Å². The summed E-state index contributed by atoms with van der Waals surface area (Å²) in [7, 11) is 0. The zero-order valence-corrected chi connectivity index (χ0v) is 25.4. The van der Waals surface area contributed by atoms with Gasteiger partial charge >= 0.3 is 0 Å². The minimum Gasteiger partial charge on any atom is -0.491 e. The Bertz CT molecular complexity index is 1570. The minimum atomic E-state index is -2.07. The number of fused-ring (bicyclic) bond motifs is 4. The zero-order chi connectivity index (χ0) is 31.1. The van der Waals surface area contributed by atoms with Gasteiger partial charge in [-0.05, 0) is 69.9 Å². The average Bonchev–Trinajstić information content (AvgIpc) is 3.31. The van der Waals surface area contributed by atoms with E-state index in [0.717, 1.165) is 17.0 Å². The van der Waals surface area contributed by atoms with Gasteiger partial charge in [0.2, 0.25) is 11.8 Å². The van der Waals surface area contributed by atoms with Gasteiger partial charge in [0.15, 0.2) is 9.75 Å². The Balaban J connectivity index is 1.57. The quantitative estimate of drug-likeness (QED) is 0.296. The topological polar surface area (TPSA) is 104 Å². The van der Waals surface area contributed by atoms with Gasteiger partial charge in [-0.3, -0.25) is 24.1 Å². The molecule has 1 N–H and O–H groups in total. The number of alkyl halides is 2. The Kier molecular flexibility index (Phi) is 7.03. The highest BCUT2D eigenvalue weighted by Crippen LogP contribution is 2.66. The number of ether oxygens (including phenoxy) is 1. The number of allylic oxidation sites excluding steroid dienone is 2. The Labute approximate surface area is 258 Å². The van der Waals surface area contributed by atoms with Crippen LogP contribution in [0.2, 0.25) is 0 Å². The molecule has 11 heteroatoms. The molecule has 0 bridgehead atoms. The Morgan fingerprint density at radius 3 is 2.30 bits per heavy atom. The second-order valence-electron chi connectivity index (χ2n) is 12.5. The number of halogens is 3. The number of hydrogen-bond donors (Lipinski definition) is 1. The Morgan fingerprint density at radius 1 is 0.977 bits per heavy atom. The molecule has 2 aromatic carbocycles. The van der Waals surface area contributed by atoms with Crippen molar-refractivity contribution in [2.45, 2.75) is 54.8 Å². The summed E-state index contributed by atoms with van der Waals surface area (Å²) in [5, 5.41) is 9.47. The predicted molar refractivity (Wildman–Crippen MR) is 157 cm³/mol. The van der Waals surface area contributed by atoms with Gasteiger partial charge in [0.1, 0.15) is 18.2 Å². The number of rotatable bonds is 5. The highest BCUT2D eigenvalue weighted by Gasteiger charge is 2.77. The summed E-state index contributed by atoms with van der Waals surface area (Å²) >= 11 is 14.8. The molecule has 43 heavy (non-hydrogen) atoms. The number of imide groups is 2. The first-order chi connectivity index (χ1) is 20.3. The maximum atomic E-state index is 14.4. The number of amides is 4. The molecule has 0 radical (unpaired) electrons. The van der Waals surface area contributed by atoms with E-state index in [2.05, 4.69) is 0 Å². The van der Waals surface area contributed by atoms with Crippen molar-refractivity contribution in [2.75, 3.05) is 18.1 Å². The highest BCUT2D eigenvalue weighted by atomic mass is 35.5. The molecule has 8 nitrogen and oxygen atoms in total. The molecule has 1 saturated carbocycles. The van der Waals surface area contributed by atoms with Crippen LogP contribution < -0.4 is 9.64 Å². The summed E-state index contributed by atoms with van der Waals surface area (Å²) in [6.07, 6.45) is 1.94. The van der Waals surface area contributed by atoms with Gasteiger partial charge in [0, 0.05) is 17.0 Å². The van der Waals surface area contributed by atoms with Crippen LogP contribution in [0.5, 0.6) is 5.75 Å². The van der Waals surface area contributed by atoms with Crippen molar-refractivity contribution in [1.82, 2.24) is 4.90 Å². The van der Waals surface area contributed by atoms with Crippen LogP contribution in [0.15, 0.2) is 60.2 Å². The van der Waals surface area contributed by atoms with Crippen molar-refractivity contribution in [2.24, 2.45) is 17.8 Å². The van der Waals surface area contributed by atoms with Gasteiger partial charge < -0.3 is 9.84 Å². The molecular weight excluding hydrogens is 598 g/mol. The molecule has 226 valence electrons. The second kappa shape index (κ2) is 10.1. The van der Waals surface area contributed by atoms with Gasteiger partial charge in [-0.2, -0.15) is 0 Å². The van der Waals surface area contributed by atoms with Crippen LogP contribution in [0.3, 0.4) is 0 Å². The van der Waals surface area contributed by atoms with Gasteiger partial charge in [0.05, 0.1) is 24.1 Å². The van der Waals surface area contributed by atoms with Crippen LogP contribution in [0.25, 0.3) is 0 Å². The predicted octanol–water partition coefficient (Wildman–Crippen LogP) is 4.56. The molecule has 2 aliphatic heterocycles. The standard InChI is InChI=1S/C32H31Cl2FN2O6/c1-30(2,3)37-26(39)21-13-12-19-22(24(21)27(37)40)16-31(33)28(41)36(18-10-8-17(35)9-11-18)29(42)32(31,34)25(19)20-6-4-5-7-23(20)43-15-14-38/h4-12,21-22,24-25,38H,13-16H2,1-3H3/t21-,22+,24-,25+,31+,32-/m0/s1. The van der Waals surface area contributed by atoms with Gasteiger partial charge in [0.25, 0.3) is 11.8 Å². The molecule has 2 aliphatic carbocycles. The number of aliphatic hydroxyl groups excluding tert-OH is 1. The third kappa shape index (κ3) is 4.11. The van der Waals surface area contributed by atoms with E-state index in [-0.39, 0.29) is 43.6 Å². The number of carbonyl (C=O) groups is 4. The third-order valence-electron chi connectivity index (χ3n) is 9.15. The average molecular weight is 630 g/mol. The summed E-state index contributed by atoms with van der Waals surface area (Å²) in [4.78, 5) is 54.4. The molecule has 4 amide bonds. The van der Waals surface area contributed by atoms with E-state index in [1.54, 1.807) is 45.0 Å². The summed E-state index contributed by atoms with van der Waals surface area (Å²) in [6, 6.07) is 11.7. The minimum absolute atomic E-state index is 0.0413. The lowest BCUT2D eigenvalue weighted by Gasteiger charge is -2.51. The molecule has 2 aromatic rings. The van der Waals surface area contributed by atoms with E-state index in [0.29, 0.717) is 16.9 Å². The van der Waals surface area contributed by atoms with Gasteiger partial charge in [-0.1, -0.05) is 29.8 Å². The summed E-state index contributed by atoms with van der Waals surface area (Å²) in [6.45, 7) is 5.06. The lowest BCUT2D eigenvalue weighted by atomic mass is 9.56. The number of benzene rings is 2. The number of likely N-dealkylation sites (tertiary alicyclic amines) is 1. The number of aliphatic hydroxyl groups is 1. The first kappa shape index (κ1) is 29.8. The summed E-state index contributed by atoms with van der Waals surface area (Å²) in [5.41, 5.74) is 0.427. The fourth-order valence-corrected chi connectivity index (χ4v) is 8.34. The zero-order valence-electron chi connectivity index (χ0n) is 23.9. The lowest BCUT2D eigenvalue weighted by Crippen LogP contribution is -2.60. The summed E-state index contributed by atoms with van der Waals surface area (Å²) < 4.78 is 19.7. The fourth-order valence-electron chi connectivity index (χ4n) is 7.41. The van der Waals surface area contributed by atoms with Gasteiger partial charge in [-0.15, -0.1) is 23.2 Å². The first-order valence-corrected chi connectivity index (χ1v) is 15.0. The van der Waals surface area contributed by atoms with Crippen molar-refractivity contribution in [3.8, 4) is 5.75 Å². The molecule has 2 saturated heterocycles. The number of hydrogen-bond acceptors (Lipinski definition) is 6. The number of anilines is 1. The van der Waals surface area contributed by atoms with Gasteiger partial charge in [-0.25, -0.2) is 9.29 Å². The van der Waals surface area contributed by atoms with Crippen molar-refractivity contribution >= 4 is 52.5 Å². The van der Waals surface area contributed by atoms with Crippen LogP contribution in [0, 0.1) is 23.6 Å². The van der Waals surface area contributed by atoms with Crippen LogP contribution >= 0.6 is 23.2 Å². The van der Waals surface area contributed by atoms with Crippen LogP contribution in [0.1, 0.15) is 45.1 Å². The molecule has 0 spiro atoms. The van der Waals surface area contributed by atoms with E-state index in [4.69, 9.17) is 27.9 Å². The molecule has 3 fully saturated rings. The maximum absolute atomic E-state index is 14.4. The monoisotopic (exact) mass is 628 g/mol. The molecule has 0 unspecified atom stereocenters. The van der Waals surface area contributed by atoms with E-state index >= 15 is 0 Å². The maximum Gasteiger partial charge on any atom is 0.258 e. The number of para-hydroxylation sites is 1. The fraction of sp³-hybridized carbons (Fsp3) is 0.438. The normalized spacial score (nSPS) is 32.0. The van der Waals surface area contributed by atoms with Crippen molar-refractivity contribution in [1.29, 1.82) is 0 Å². The summed E-state index contributed by atoms with van der Waals surface area (Å²) in [5.74, 6) is -5.60. The highest BCUT2D eigenvalue weighted by molar-refractivity contribution is 6.58. The van der Waals surface area contributed by atoms with Crippen LogP contribution in [-0.4, -0.2) is 62.1 Å². The molecule has 6 atom stereocenters. The molecule has 4 aliphatic rings. The number of nitrogens with zero attached hydrogens (tertiary/aromatic N) is 2. The first-order valence-electron chi connectivity index (χ1n) is 14.2. The Hall–Kier alpha value is -3.27.